The molecule has 0 amide bonds. The Morgan fingerprint density at radius 3 is 2.38 bits per heavy atom. The molecular formula is C21H27NO4. The number of carbonyl (C=O) groups is 2. The summed E-state index contributed by atoms with van der Waals surface area (Å²) in [5, 5.41) is 0. The van der Waals surface area contributed by atoms with E-state index in [0.29, 0.717) is 11.3 Å². The molecule has 0 aliphatic rings. The Hall–Kier alpha value is -2.56. The molecule has 1 aromatic heterocycles. The van der Waals surface area contributed by atoms with Crippen molar-refractivity contribution < 1.29 is 19.1 Å². The van der Waals surface area contributed by atoms with E-state index in [0.717, 1.165) is 22.5 Å². The molecule has 5 nitrogen and oxygen atoms in total. The molecule has 140 valence electrons. The third-order valence-electron chi connectivity index (χ3n) is 4.44. The number of aromatic nitrogens is 1. The second-order valence-corrected chi connectivity index (χ2v) is 6.82. The Morgan fingerprint density at radius 1 is 1.12 bits per heavy atom. The fourth-order valence-electron chi connectivity index (χ4n) is 3.33. The molecule has 0 N–H and O–H groups in total. The summed E-state index contributed by atoms with van der Waals surface area (Å²) >= 11 is 0. The van der Waals surface area contributed by atoms with Crippen molar-refractivity contribution in [2.24, 2.45) is 0 Å². The van der Waals surface area contributed by atoms with Gasteiger partial charge in [0, 0.05) is 28.6 Å². The van der Waals surface area contributed by atoms with Crippen LogP contribution in [-0.4, -0.2) is 30.0 Å². The van der Waals surface area contributed by atoms with E-state index >= 15 is 0 Å². The smallest absolute Gasteiger partial charge is 0.310 e. The number of ether oxygens (including phenoxy) is 2. The molecule has 26 heavy (non-hydrogen) atoms. The standard InChI is InChI=1S/C21H27NO4/c1-13(2)22-15(4)10-18(16(22)5)19(23)12-26-21(24)11-17-9-14(3)7-8-20(17)25-6/h7-10,13H,11-12H2,1-6H3. The highest BCUT2D eigenvalue weighted by Crippen LogP contribution is 2.22. The van der Waals surface area contributed by atoms with E-state index in [9.17, 15) is 9.59 Å². The van der Waals surface area contributed by atoms with Crippen LogP contribution in [0.5, 0.6) is 5.75 Å². The molecule has 1 heterocycles. The quantitative estimate of drug-likeness (QED) is 0.556. The van der Waals surface area contributed by atoms with Gasteiger partial charge in [0.1, 0.15) is 5.75 Å². The van der Waals surface area contributed by atoms with Gasteiger partial charge in [-0.3, -0.25) is 9.59 Å². The van der Waals surface area contributed by atoms with Crippen molar-refractivity contribution in [3.8, 4) is 5.75 Å². The van der Waals surface area contributed by atoms with Crippen molar-refractivity contribution in [1.29, 1.82) is 0 Å². The number of benzene rings is 1. The van der Waals surface area contributed by atoms with Gasteiger partial charge in [-0.15, -0.1) is 0 Å². The molecule has 0 radical (unpaired) electrons. The largest absolute Gasteiger partial charge is 0.496 e. The van der Waals surface area contributed by atoms with Crippen LogP contribution in [0.3, 0.4) is 0 Å². The number of Topliss-reactive ketones (excluding diaryl/α,β-unsaturated/α-hetero) is 1. The van der Waals surface area contributed by atoms with Gasteiger partial charge in [-0.25, -0.2) is 0 Å². The monoisotopic (exact) mass is 357 g/mol. The number of hydrogen-bond donors (Lipinski definition) is 0. The summed E-state index contributed by atoms with van der Waals surface area (Å²) in [6.07, 6.45) is 0.0726. The number of methoxy groups -OCH3 is 1. The molecule has 0 fully saturated rings. The van der Waals surface area contributed by atoms with Gasteiger partial charge in [-0.2, -0.15) is 0 Å². The van der Waals surface area contributed by atoms with Gasteiger partial charge in [0.25, 0.3) is 0 Å². The second kappa shape index (κ2) is 8.21. The summed E-state index contributed by atoms with van der Waals surface area (Å²) in [6, 6.07) is 7.76. The lowest BCUT2D eigenvalue weighted by molar-refractivity contribution is -0.141. The average molecular weight is 357 g/mol. The van der Waals surface area contributed by atoms with Crippen molar-refractivity contribution in [2.75, 3.05) is 13.7 Å². The fraction of sp³-hybridized carbons (Fsp3) is 0.429. The Balaban J connectivity index is 2.03. The van der Waals surface area contributed by atoms with Crippen LogP contribution < -0.4 is 4.74 Å². The predicted molar refractivity (Wildman–Crippen MR) is 101 cm³/mol. The van der Waals surface area contributed by atoms with Gasteiger partial charge >= 0.3 is 5.97 Å². The van der Waals surface area contributed by atoms with Crippen LogP contribution in [0.25, 0.3) is 0 Å². The predicted octanol–water partition coefficient (Wildman–Crippen LogP) is 3.97. The van der Waals surface area contributed by atoms with E-state index in [1.54, 1.807) is 7.11 Å². The Labute approximate surface area is 154 Å². The normalized spacial score (nSPS) is 10.9. The number of carbonyl (C=O) groups excluding carboxylic acids is 2. The van der Waals surface area contributed by atoms with E-state index in [-0.39, 0.29) is 24.9 Å². The van der Waals surface area contributed by atoms with Crippen LogP contribution in [-0.2, 0) is 16.0 Å². The number of aryl methyl sites for hydroxylation is 2. The molecule has 0 saturated carbocycles. The van der Waals surface area contributed by atoms with Crippen molar-refractivity contribution >= 4 is 11.8 Å². The first kappa shape index (κ1) is 19.8. The van der Waals surface area contributed by atoms with Gasteiger partial charge in [-0.05, 0) is 46.8 Å². The molecule has 0 aliphatic heterocycles. The lowest BCUT2D eigenvalue weighted by atomic mass is 10.1. The molecule has 0 saturated heterocycles. The van der Waals surface area contributed by atoms with Crippen LogP contribution in [0.15, 0.2) is 24.3 Å². The summed E-state index contributed by atoms with van der Waals surface area (Å²) in [7, 11) is 1.56. The molecule has 0 unspecified atom stereocenters. The SMILES string of the molecule is COc1ccc(C)cc1CC(=O)OCC(=O)c1cc(C)n(C(C)C)c1C. The highest BCUT2D eigenvalue weighted by Gasteiger charge is 2.19. The van der Waals surface area contributed by atoms with Crippen molar-refractivity contribution in [3.63, 3.8) is 0 Å². The first-order chi connectivity index (χ1) is 12.2. The zero-order valence-electron chi connectivity index (χ0n) is 16.4. The zero-order valence-corrected chi connectivity index (χ0v) is 16.4. The van der Waals surface area contributed by atoms with E-state index < -0.39 is 5.97 Å². The number of nitrogens with zero attached hydrogens (tertiary/aromatic N) is 1. The van der Waals surface area contributed by atoms with Crippen LogP contribution in [0.2, 0.25) is 0 Å². The Bertz CT molecular complexity index is 818. The topological polar surface area (TPSA) is 57.5 Å². The van der Waals surface area contributed by atoms with Crippen LogP contribution in [0.1, 0.15) is 52.8 Å². The van der Waals surface area contributed by atoms with Gasteiger partial charge in [0.05, 0.1) is 13.5 Å². The summed E-state index contributed by atoms with van der Waals surface area (Å²) < 4.78 is 12.6. The minimum absolute atomic E-state index is 0.0726. The third-order valence-corrected chi connectivity index (χ3v) is 4.44. The van der Waals surface area contributed by atoms with E-state index in [1.165, 1.54) is 0 Å². The maximum Gasteiger partial charge on any atom is 0.310 e. The molecule has 2 aromatic rings. The van der Waals surface area contributed by atoms with Crippen molar-refractivity contribution in [3.05, 3.63) is 52.3 Å². The summed E-state index contributed by atoms with van der Waals surface area (Å²) in [6.45, 7) is 9.73. The summed E-state index contributed by atoms with van der Waals surface area (Å²) in [5.41, 5.74) is 4.32. The first-order valence-electron chi connectivity index (χ1n) is 8.75. The maximum atomic E-state index is 12.5. The minimum Gasteiger partial charge on any atom is -0.496 e. The molecule has 0 spiro atoms. The third kappa shape index (κ3) is 4.34. The maximum absolute atomic E-state index is 12.5. The van der Waals surface area contributed by atoms with Gasteiger partial charge < -0.3 is 14.0 Å². The molecule has 0 atom stereocenters. The minimum atomic E-state index is -0.445. The fourth-order valence-corrected chi connectivity index (χ4v) is 3.33. The van der Waals surface area contributed by atoms with E-state index in [2.05, 4.69) is 18.4 Å². The number of rotatable bonds is 7. The highest BCUT2D eigenvalue weighted by atomic mass is 16.5. The molecule has 0 bridgehead atoms. The molecule has 5 heteroatoms. The lowest BCUT2D eigenvalue weighted by Gasteiger charge is -2.13. The second-order valence-electron chi connectivity index (χ2n) is 6.82. The van der Waals surface area contributed by atoms with Crippen molar-refractivity contribution in [2.45, 2.75) is 47.1 Å². The molecule has 1 aromatic carbocycles. The first-order valence-corrected chi connectivity index (χ1v) is 8.75. The Morgan fingerprint density at radius 2 is 1.81 bits per heavy atom. The van der Waals surface area contributed by atoms with Gasteiger partial charge in [-0.1, -0.05) is 17.7 Å². The van der Waals surface area contributed by atoms with E-state index in [4.69, 9.17) is 9.47 Å². The number of esters is 1. The highest BCUT2D eigenvalue weighted by molar-refractivity contribution is 5.99. The number of hydrogen-bond acceptors (Lipinski definition) is 4. The summed E-state index contributed by atoms with van der Waals surface area (Å²) in [5.74, 6) is 0.00818. The summed E-state index contributed by atoms with van der Waals surface area (Å²) in [4.78, 5) is 24.6. The van der Waals surface area contributed by atoms with Crippen LogP contribution in [0.4, 0.5) is 0 Å². The molecule has 2 rings (SSSR count). The zero-order chi connectivity index (χ0) is 19.4. The van der Waals surface area contributed by atoms with E-state index in [1.807, 2.05) is 45.0 Å². The van der Waals surface area contributed by atoms with Crippen LogP contribution in [0, 0.1) is 20.8 Å². The molecule has 0 aliphatic carbocycles. The van der Waals surface area contributed by atoms with Crippen molar-refractivity contribution in [1.82, 2.24) is 4.57 Å². The Kier molecular flexibility index (Phi) is 6.24. The van der Waals surface area contributed by atoms with Crippen LogP contribution >= 0.6 is 0 Å². The van der Waals surface area contributed by atoms with Gasteiger partial charge in [0.15, 0.2) is 6.61 Å². The molecular weight excluding hydrogens is 330 g/mol. The lowest BCUT2D eigenvalue weighted by Crippen LogP contribution is -2.17. The average Bonchev–Trinajstić information content (AvgIpc) is 2.87. The number of ketones is 1. The van der Waals surface area contributed by atoms with Gasteiger partial charge in [0.2, 0.25) is 5.78 Å².